The third kappa shape index (κ3) is 6.27. The van der Waals surface area contributed by atoms with E-state index in [0.717, 1.165) is 18.4 Å². The van der Waals surface area contributed by atoms with Gasteiger partial charge in [0.2, 0.25) is 10.0 Å². The summed E-state index contributed by atoms with van der Waals surface area (Å²) in [6.45, 7) is 6.29. The summed E-state index contributed by atoms with van der Waals surface area (Å²) in [7, 11) is -3.44. The zero-order chi connectivity index (χ0) is 16.6. The molecule has 0 aliphatic carbocycles. The number of unbranched alkanes of at least 4 members (excludes halogenated alkanes) is 6. The number of hydrogen-bond acceptors (Lipinski definition) is 2. The van der Waals surface area contributed by atoms with Crippen molar-refractivity contribution in [2.24, 2.45) is 0 Å². The zero-order valence-electron chi connectivity index (χ0n) is 13.9. The summed E-state index contributed by atoms with van der Waals surface area (Å²) in [5.74, 6) is 0. The lowest BCUT2D eigenvalue weighted by atomic mass is 10.1. The van der Waals surface area contributed by atoms with Crippen LogP contribution in [0.3, 0.4) is 0 Å². The molecule has 1 aromatic carbocycles. The number of sulfonamides is 1. The van der Waals surface area contributed by atoms with Gasteiger partial charge in [-0.3, -0.25) is 0 Å². The molecule has 0 saturated carbocycles. The van der Waals surface area contributed by atoms with Crippen molar-refractivity contribution in [3.8, 4) is 0 Å². The second-order valence-electron chi connectivity index (χ2n) is 5.89. The third-order valence-electron chi connectivity index (χ3n) is 3.82. The van der Waals surface area contributed by atoms with Crippen LogP contribution in [-0.4, -0.2) is 15.0 Å². The molecule has 1 N–H and O–H groups in total. The van der Waals surface area contributed by atoms with Crippen LogP contribution in [0.15, 0.2) is 17.0 Å². The molecule has 0 bridgehead atoms. The Bertz CT molecular complexity index is 570. The summed E-state index contributed by atoms with van der Waals surface area (Å²) in [4.78, 5) is 0.331. The minimum absolute atomic E-state index is 0.331. The van der Waals surface area contributed by atoms with Gasteiger partial charge in [-0.1, -0.05) is 57.0 Å². The smallest absolute Gasteiger partial charge is 0.211 e. The maximum atomic E-state index is 12.3. The van der Waals surface area contributed by atoms with Crippen LogP contribution < -0.4 is 4.72 Å². The predicted octanol–water partition coefficient (Wildman–Crippen LogP) is 4.99. The average molecular weight is 346 g/mol. The summed E-state index contributed by atoms with van der Waals surface area (Å²) in [6.07, 6.45) is 8.21. The van der Waals surface area contributed by atoms with E-state index in [1.165, 1.54) is 32.1 Å². The molecule has 22 heavy (non-hydrogen) atoms. The zero-order valence-corrected chi connectivity index (χ0v) is 15.5. The molecule has 0 aromatic heterocycles. The van der Waals surface area contributed by atoms with Gasteiger partial charge in [0.15, 0.2) is 0 Å². The third-order valence-corrected chi connectivity index (χ3v) is 5.83. The number of nitrogens with one attached hydrogen (secondary N) is 1. The fourth-order valence-corrected chi connectivity index (χ4v) is 4.01. The van der Waals surface area contributed by atoms with E-state index in [9.17, 15) is 8.42 Å². The van der Waals surface area contributed by atoms with E-state index < -0.39 is 10.0 Å². The highest BCUT2D eigenvalue weighted by atomic mass is 35.5. The SMILES string of the molecule is CCCCCCCCCNS(=O)(=O)c1cc(C)c(Cl)cc1C. The highest BCUT2D eigenvalue weighted by molar-refractivity contribution is 7.89. The molecule has 5 heteroatoms. The Labute approximate surface area is 140 Å². The van der Waals surface area contributed by atoms with Gasteiger partial charge in [-0.2, -0.15) is 0 Å². The van der Waals surface area contributed by atoms with Gasteiger partial charge in [0.1, 0.15) is 0 Å². The Morgan fingerprint density at radius 1 is 0.955 bits per heavy atom. The van der Waals surface area contributed by atoms with E-state index in [1.54, 1.807) is 19.1 Å². The van der Waals surface area contributed by atoms with Gasteiger partial charge in [-0.15, -0.1) is 0 Å². The molecule has 0 aliphatic rings. The molecule has 0 atom stereocenters. The van der Waals surface area contributed by atoms with Crippen LogP contribution in [-0.2, 0) is 10.0 Å². The first-order valence-electron chi connectivity index (χ1n) is 8.15. The molecule has 0 unspecified atom stereocenters. The molecule has 0 saturated heterocycles. The topological polar surface area (TPSA) is 46.2 Å². The summed E-state index contributed by atoms with van der Waals surface area (Å²) >= 11 is 6.02. The fourth-order valence-electron chi connectivity index (χ4n) is 2.41. The van der Waals surface area contributed by atoms with E-state index in [0.29, 0.717) is 22.0 Å². The summed E-state index contributed by atoms with van der Waals surface area (Å²) in [5.41, 5.74) is 1.46. The van der Waals surface area contributed by atoms with E-state index in [1.807, 2.05) is 6.92 Å². The van der Waals surface area contributed by atoms with Gasteiger partial charge < -0.3 is 0 Å². The number of halogens is 1. The molecule has 1 rings (SSSR count). The molecule has 0 spiro atoms. The van der Waals surface area contributed by atoms with Gasteiger partial charge in [-0.05, 0) is 43.5 Å². The summed E-state index contributed by atoms with van der Waals surface area (Å²) in [5, 5.41) is 0.600. The van der Waals surface area contributed by atoms with E-state index in [4.69, 9.17) is 11.6 Å². The lowest BCUT2D eigenvalue weighted by Crippen LogP contribution is -2.25. The van der Waals surface area contributed by atoms with Gasteiger partial charge in [0.25, 0.3) is 0 Å². The Hall–Kier alpha value is -0.580. The van der Waals surface area contributed by atoms with Gasteiger partial charge in [0, 0.05) is 11.6 Å². The van der Waals surface area contributed by atoms with Crippen LogP contribution in [0.2, 0.25) is 5.02 Å². The molecular weight excluding hydrogens is 318 g/mol. The molecule has 0 radical (unpaired) electrons. The van der Waals surface area contributed by atoms with Gasteiger partial charge >= 0.3 is 0 Å². The molecule has 0 aliphatic heterocycles. The van der Waals surface area contributed by atoms with Crippen LogP contribution in [0.25, 0.3) is 0 Å². The second-order valence-corrected chi connectivity index (χ2v) is 8.03. The predicted molar refractivity (Wildman–Crippen MR) is 94.1 cm³/mol. The number of benzene rings is 1. The Balaban J connectivity index is 2.43. The molecular formula is C17H28ClNO2S. The Morgan fingerprint density at radius 2 is 1.55 bits per heavy atom. The van der Waals surface area contributed by atoms with Crippen LogP contribution in [0.4, 0.5) is 0 Å². The quantitative estimate of drug-likeness (QED) is 0.607. The summed E-state index contributed by atoms with van der Waals surface area (Å²) < 4.78 is 27.4. The van der Waals surface area contributed by atoms with Crippen LogP contribution in [0.5, 0.6) is 0 Å². The van der Waals surface area contributed by atoms with E-state index >= 15 is 0 Å². The minimum Gasteiger partial charge on any atom is -0.211 e. The van der Waals surface area contributed by atoms with Crippen LogP contribution >= 0.6 is 11.6 Å². The van der Waals surface area contributed by atoms with Crippen molar-refractivity contribution in [1.29, 1.82) is 0 Å². The average Bonchev–Trinajstić information content (AvgIpc) is 2.45. The molecule has 0 fully saturated rings. The van der Waals surface area contributed by atoms with Crippen molar-refractivity contribution in [3.05, 3.63) is 28.3 Å². The Kier molecular flexibility index (Phi) is 8.44. The van der Waals surface area contributed by atoms with Gasteiger partial charge in [0.05, 0.1) is 4.90 Å². The molecule has 0 amide bonds. The maximum Gasteiger partial charge on any atom is 0.240 e. The van der Waals surface area contributed by atoms with Crippen molar-refractivity contribution in [2.75, 3.05) is 6.54 Å². The first kappa shape index (κ1) is 19.5. The normalized spacial score (nSPS) is 11.8. The first-order chi connectivity index (χ1) is 10.4. The standard InChI is InChI=1S/C17H28ClNO2S/c1-4-5-6-7-8-9-10-11-19-22(20,21)17-13-14(2)16(18)12-15(17)3/h12-13,19H,4-11H2,1-3H3. The molecule has 3 nitrogen and oxygen atoms in total. The second kappa shape index (κ2) is 9.53. The molecule has 126 valence electrons. The maximum absolute atomic E-state index is 12.3. The number of rotatable bonds is 10. The number of hydrogen-bond donors (Lipinski definition) is 1. The van der Waals surface area contributed by atoms with Gasteiger partial charge in [-0.25, -0.2) is 13.1 Å². The molecule has 0 heterocycles. The highest BCUT2D eigenvalue weighted by Crippen LogP contribution is 2.23. The first-order valence-corrected chi connectivity index (χ1v) is 10.0. The van der Waals surface area contributed by atoms with Crippen molar-refractivity contribution in [2.45, 2.75) is 70.6 Å². The number of aryl methyl sites for hydroxylation is 2. The van der Waals surface area contributed by atoms with Crippen LogP contribution in [0.1, 0.15) is 63.0 Å². The van der Waals surface area contributed by atoms with Crippen molar-refractivity contribution in [1.82, 2.24) is 4.72 Å². The van der Waals surface area contributed by atoms with Crippen molar-refractivity contribution in [3.63, 3.8) is 0 Å². The van der Waals surface area contributed by atoms with E-state index in [-0.39, 0.29) is 0 Å². The highest BCUT2D eigenvalue weighted by Gasteiger charge is 2.17. The molecule has 1 aromatic rings. The van der Waals surface area contributed by atoms with Crippen LogP contribution in [0, 0.1) is 13.8 Å². The Morgan fingerprint density at radius 3 is 2.18 bits per heavy atom. The monoisotopic (exact) mass is 345 g/mol. The lowest BCUT2D eigenvalue weighted by molar-refractivity contribution is 0.563. The fraction of sp³-hybridized carbons (Fsp3) is 0.647. The van der Waals surface area contributed by atoms with E-state index in [2.05, 4.69) is 11.6 Å². The largest absolute Gasteiger partial charge is 0.240 e. The lowest BCUT2D eigenvalue weighted by Gasteiger charge is -2.11. The summed E-state index contributed by atoms with van der Waals surface area (Å²) in [6, 6.07) is 3.35. The van der Waals surface area contributed by atoms with Crippen molar-refractivity contribution < 1.29 is 8.42 Å². The van der Waals surface area contributed by atoms with Crippen molar-refractivity contribution >= 4 is 21.6 Å². The minimum atomic E-state index is -3.44.